The third kappa shape index (κ3) is 5.47. The van der Waals surface area contributed by atoms with E-state index in [4.69, 9.17) is 9.73 Å². The SMILES string of the molecule is CCNC(=NCCNC(=O)c1scnc1C)N1CCC(c2ccc(OC)cc2)C1. The van der Waals surface area contributed by atoms with E-state index >= 15 is 0 Å². The van der Waals surface area contributed by atoms with Crippen molar-refractivity contribution < 1.29 is 9.53 Å². The molecule has 1 unspecified atom stereocenters. The number of carbonyl (C=O) groups is 1. The summed E-state index contributed by atoms with van der Waals surface area (Å²) in [5.41, 5.74) is 3.79. The number of benzene rings is 1. The molecule has 2 N–H and O–H groups in total. The minimum atomic E-state index is -0.0778. The molecule has 1 aromatic heterocycles. The van der Waals surface area contributed by atoms with Crippen molar-refractivity contribution in [1.29, 1.82) is 0 Å². The number of amides is 1. The van der Waals surface area contributed by atoms with Crippen molar-refractivity contribution in [3.63, 3.8) is 0 Å². The number of rotatable bonds is 7. The fourth-order valence-corrected chi connectivity index (χ4v) is 4.18. The monoisotopic (exact) mass is 415 g/mol. The van der Waals surface area contributed by atoms with Gasteiger partial charge in [-0.3, -0.25) is 9.79 Å². The number of carbonyl (C=O) groups excluding carboxylic acids is 1. The van der Waals surface area contributed by atoms with Crippen LogP contribution >= 0.6 is 11.3 Å². The smallest absolute Gasteiger partial charge is 0.263 e. The summed E-state index contributed by atoms with van der Waals surface area (Å²) in [4.78, 5) is 24.0. The minimum absolute atomic E-state index is 0.0778. The molecule has 29 heavy (non-hydrogen) atoms. The molecule has 0 aliphatic carbocycles. The maximum atomic E-state index is 12.2. The van der Waals surface area contributed by atoms with Crippen molar-refractivity contribution in [2.45, 2.75) is 26.2 Å². The molecular weight excluding hydrogens is 386 g/mol. The summed E-state index contributed by atoms with van der Waals surface area (Å²) in [6, 6.07) is 8.33. The molecule has 3 rings (SSSR count). The van der Waals surface area contributed by atoms with Crippen molar-refractivity contribution in [3.8, 4) is 5.75 Å². The first-order chi connectivity index (χ1) is 14.1. The first-order valence-electron chi connectivity index (χ1n) is 9.97. The van der Waals surface area contributed by atoms with Gasteiger partial charge in [-0.05, 0) is 38.0 Å². The van der Waals surface area contributed by atoms with E-state index < -0.39 is 0 Å². The van der Waals surface area contributed by atoms with Gasteiger partial charge in [0, 0.05) is 32.1 Å². The third-order valence-electron chi connectivity index (χ3n) is 5.02. The van der Waals surface area contributed by atoms with E-state index in [-0.39, 0.29) is 5.91 Å². The van der Waals surface area contributed by atoms with Crippen LogP contribution in [0.15, 0.2) is 34.8 Å². The van der Waals surface area contributed by atoms with Gasteiger partial charge in [-0.25, -0.2) is 4.98 Å². The molecule has 0 spiro atoms. The zero-order chi connectivity index (χ0) is 20.6. The Morgan fingerprint density at radius 3 is 2.79 bits per heavy atom. The van der Waals surface area contributed by atoms with Crippen LogP contribution in [0.4, 0.5) is 0 Å². The van der Waals surface area contributed by atoms with Crippen LogP contribution in [0, 0.1) is 6.92 Å². The molecule has 0 bridgehead atoms. The highest BCUT2D eigenvalue weighted by Crippen LogP contribution is 2.28. The molecule has 8 heteroatoms. The molecule has 2 aromatic rings. The highest BCUT2D eigenvalue weighted by molar-refractivity contribution is 7.11. The Morgan fingerprint density at radius 1 is 1.34 bits per heavy atom. The molecule has 1 atom stereocenters. The molecule has 7 nitrogen and oxygen atoms in total. The number of nitrogens with one attached hydrogen (secondary N) is 2. The van der Waals surface area contributed by atoms with Gasteiger partial charge in [0.1, 0.15) is 10.6 Å². The lowest BCUT2D eigenvalue weighted by Crippen LogP contribution is -2.40. The van der Waals surface area contributed by atoms with E-state index in [2.05, 4.69) is 39.6 Å². The van der Waals surface area contributed by atoms with Gasteiger partial charge in [-0.15, -0.1) is 11.3 Å². The van der Waals surface area contributed by atoms with E-state index in [1.165, 1.54) is 16.9 Å². The average Bonchev–Trinajstić information content (AvgIpc) is 3.39. The van der Waals surface area contributed by atoms with Gasteiger partial charge in [-0.1, -0.05) is 12.1 Å². The van der Waals surface area contributed by atoms with Gasteiger partial charge in [0.2, 0.25) is 0 Å². The second-order valence-electron chi connectivity index (χ2n) is 6.96. The number of thiazole rings is 1. The van der Waals surface area contributed by atoms with Crippen LogP contribution in [0.2, 0.25) is 0 Å². The summed E-state index contributed by atoms with van der Waals surface area (Å²) in [5.74, 6) is 2.20. The van der Waals surface area contributed by atoms with Crippen molar-refractivity contribution in [1.82, 2.24) is 20.5 Å². The summed E-state index contributed by atoms with van der Waals surface area (Å²) in [5, 5.41) is 6.30. The fraction of sp³-hybridized carbons (Fsp3) is 0.476. The third-order valence-corrected chi connectivity index (χ3v) is 5.95. The van der Waals surface area contributed by atoms with Crippen LogP contribution in [0.1, 0.15) is 40.2 Å². The number of aliphatic imine (C=N–C) groups is 1. The summed E-state index contributed by atoms with van der Waals surface area (Å²) < 4.78 is 5.25. The number of aryl methyl sites for hydroxylation is 1. The highest BCUT2D eigenvalue weighted by Gasteiger charge is 2.26. The van der Waals surface area contributed by atoms with Crippen molar-refractivity contribution >= 4 is 23.2 Å². The maximum Gasteiger partial charge on any atom is 0.263 e. The number of ether oxygens (including phenoxy) is 1. The lowest BCUT2D eigenvalue weighted by Gasteiger charge is -2.22. The lowest BCUT2D eigenvalue weighted by atomic mass is 9.98. The van der Waals surface area contributed by atoms with Crippen LogP contribution in [0.5, 0.6) is 5.75 Å². The standard InChI is InChI=1S/C21H29N5O2S/c1-4-22-21(24-11-10-23-20(27)19-15(2)25-14-29-19)26-12-9-17(13-26)16-5-7-18(28-3)8-6-16/h5-8,14,17H,4,9-13H2,1-3H3,(H,22,24)(H,23,27). The molecule has 0 saturated carbocycles. The summed E-state index contributed by atoms with van der Waals surface area (Å²) >= 11 is 1.36. The molecule has 0 radical (unpaired) electrons. The van der Waals surface area contributed by atoms with Gasteiger partial charge in [0.15, 0.2) is 5.96 Å². The number of hydrogen-bond donors (Lipinski definition) is 2. The van der Waals surface area contributed by atoms with Gasteiger partial charge >= 0.3 is 0 Å². The van der Waals surface area contributed by atoms with Crippen LogP contribution in [0.3, 0.4) is 0 Å². The molecule has 1 saturated heterocycles. The number of methoxy groups -OCH3 is 1. The molecule has 1 fully saturated rings. The van der Waals surface area contributed by atoms with E-state index in [1.54, 1.807) is 12.6 Å². The van der Waals surface area contributed by atoms with Gasteiger partial charge < -0.3 is 20.3 Å². The van der Waals surface area contributed by atoms with E-state index in [0.717, 1.165) is 43.5 Å². The molecular formula is C21H29N5O2S. The van der Waals surface area contributed by atoms with E-state index in [1.807, 2.05) is 19.1 Å². The molecule has 1 aliphatic heterocycles. The van der Waals surface area contributed by atoms with Crippen molar-refractivity contribution in [2.75, 3.05) is 39.8 Å². The minimum Gasteiger partial charge on any atom is -0.497 e. The van der Waals surface area contributed by atoms with Crippen molar-refractivity contribution in [3.05, 3.63) is 45.9 Å². The van der Waals surface area contributed by atoms with Gasteiger partial charge in [0.25, 0.3) is 5.91 Å². The summed E-state index contributed by atoms with van der Waals surface area (Å²) in [6.07, 6.45) is 1.10. The number of likely N-dealkylation sites (tertiary alicyclic amines) is 1. The Morgan fingerprint density at radius 2 is 2.14 bits per heavy atom. The molecule has 2 heterocycles. The maximum absolute atomic E-state index is 12.2. The quantitative estimate of drug-likeness (QED) is 0.413. The number of guanidine groups is 1. The van der Waals surface area contributed by atoms with Crippen LogP contribution in [0.25, 0.3) is 0 Å². The number of nitrogens with zero attached hydrogens (tertiary/aromatic N) is 3. The van der Waals surface area contributed by atoms with Gasteiger partial charge in [0.05, 0.1) is 24.9 Å². The van der Waals surface area contributed by atoms with E-state index in [9.17, 15) is 4.79 Å². The summed E-state index contributed by atoms with van der Waals surface area (Å²) in [7, 11) is 1.69. The summed E-state index contributed by atoms with van der Waals surface area (Å²) in [6.45, 7) is 7.67. The average molecular weight is 416 g/mol. The zero-order valence-electron chi connectivity index (χ0n) is 17.3. The van der Waals surface area contributed by atoms with Crippen molar-refractivity contribution in [2.24, 2.45) is 4.99 Å². The Bertz CT molecular complexity index is 834. The molecule has 1 aromatic carbocycles. The first-order valence-corrected chi connectivity index (χ1v) is 10.9. The van der Waals surface area contributed by atoms with Gasteiger partial charge in [-0.2, -0.15) is 0 Å². The van der Waals surface area contributed by atoms with E-state index in [0.29, 0.717) is 23.9 Å². The predicted molar refractivity (Wildman–Crippen MR) is 117 cm³/mol. The Kier molecular flexibility index (Phi) is 7.46. The second-order valence-corrected chi connectivity index (χ2v) is 7.82. The first kappa shape index (κ1) is 21.1. The highest BCUT2D eigenvalue weighted by atomic mass is 32.1. The lowest BCUT2D eigenvalue weighted by molar-refractivity contribution is 0.0958. The van der Waals surface area contributed by atoms with Crippen LogP contribution in [-0.2, 0) is 0 Å². The Hall–Kier alpha value is -2.61. The topological polar surface area (TPSA) is 78.8 Å². The second kappa shape index (κ2) is 10.2. The Labute approximate surface area is 176 Å². The predicted octanol–water partition coefficient (Wildman–Crippen LogP) is 2.64. The Balaban J connectivity index is 1.53. The van der Waals surface area contributed by atoms with Crippen LogP contribution in [-0.4, -0.2) is 61.6 Å². The fourth-order valence-electron chi connectivity index (χ4n) is 3.46. The van der Waals surface area contributed by atoms with Crippen LogP contribution < -0.4 is 15.4 Å². The molecule has 156 valence electrons. The zero-order valence-corrected chi connectivity index (χ0v) is 18.1. The normalized spacial score (nSPS) is 16.7. The molecule has 1 amide bonds. The largest absolute Gasteiger partial charge is 0.497 e. The molecule has 1 aliphatic rings. The number of hydrogen-bond acceptors (Lipinski definition) is 5. The number of aromatic nitrogens is 1.